The molecule has 1 saturated heterocycles. The van der Waals surface area contributed by atoms with Crippen LogP contribution in [0, 0.1) is 0 Å². The Labute approximate surface area is 111 Å². The lowest BCUT2D eigenvalue weighted by molar-refractivity contribution is 0.208. The van der Waals surface area contributed by atoms with Crippen LogP contribution in [0.5, 0.6) is 0 Å². The van der Waals surface area contributed by atoms with Gasteiger partial charge in [-0.25, -0.2) is 0 Å². The first-order chi connectivity index (χ1) is 8.74. The molecule has 1 atom stereocenters. The van der Waals surface area contributed by atoms with Crippen LogP contribution in [0.15, 0.2) is 30.3 Å². The SMILES string of the molecule is CC(CN)(CCN1CCCCC1)c1ccccc1. The van der Waals surface area contributed by atoms with Crippen LogP contribution >= 0.6 is 0 Å². The van der Waals surface area contributed by atoms with Crippen LogP contribution in [0.3, 0.4) is 0 Å². The van der Waals surface area contributed by atoms with E-state index in [4.69, 9.17) is 5.73 Å². The topological polar surface area (TPSA) is 29.3 Å². The maximum absolute atomic E-state index is 6.04. The third-order valence-electron chi connectivity index (χ3n) is 4.35. The molecule has 1 heterocycles. The van der Waals surface area contributed by atoms with Gasteiger partial charge in [-0.3, -0.25) is 0 Å². The van der Waals surface area contributed by atoms with Gasteiger partial charge in [0.1, 0.15) is 0 Å². The smallest absolute Gasteiger partial charge is 0.00594 e. The first kappa shape index (κ1) is 13.6. The molecule has 1 aliphatic heterocycles. The number of benzene rings is 1. The third-order valence-corrected chi connectivity index (χ3v) is 4.35. The summed E-state index contributed by atoms with van der Waals surface area (Å²) in [6.45, 7) is 6.75. The maximum atomic E-state index is 6.04. The highest BCUT2D eigenvalue weighted by molar-refractivity contribution is 5.24. The van der Waals surface area contributed by atoms with Gasteiger partial charge in [0.25, 0.3) is 0 Å². The van der Waals surface area contributed by atoms with E-state index in [1.807, 2.05) is 0 Å². The van der Waals surface area contributed by atoms with Crippen molar-refractivity contribution in [3.63, 3.8) is 0 Å². The highest BCUT2D eigenvalue weighted by atomic mass is 15.1. The van der Waals surface area contributed by atoms with Crippen molar-refractivity contribution in [1.29, 1.82) is 0 Å². The van der Waals surface area contributed by atoms with Crippen molar-refractivity contribution in [2.75, 3.05) is 26.2 Å². The molecule has 0 aliphatic carbocycles. The molecular weight excluding hydrogens is 220 g/mol. The minimum atomic E-state index is 0.124. The van der Waals surface area contributed by atoms with Crippen LogP contribution in [-0.2, 0) is 5.41 Å². The fourth-order valence-corrected chi connectivity index (χ4v) is 2.79. The molecule has 0 amide bonds. The molecule has 1 aromatic carbocycles. The zero-order chi connectivity index (χ0) is 12.8. The third kappa shape index (κ3) is 3.33. The Morgan fingerprint density at radius 1 is 1.11 bits per heavy atom. The van der Waals surface area contributed by atoms with E-state index >= 15 is 0 Å². The van der Waals surface area contributed by atoms with Crippen LogP contribution in [-0.4, -0.2) is 31.1 Å². The second-order valence-electron chi connectivity index (χ2n) is 5.78. The standard InChI is InChI=1S/C16H26N2/c1-16(14-17,15-8-4-2-5-9-15)10-13-18-11-6-3-7-12-18/h2,4-5,8-9H,3,6-7,10-14,17H2,1H3. The van der Waals surface area contributed by atoms with Crippen molar-refractivity contribution in [3.05, 3.63) is 35.9 Å². The van der Waals surface area contributed by atoms with Gasteiger partial charge in [-0.1, -0.05) is 43.7 Å². The molecule has 2 heteroatoms. The van der Waals surface area contributed by atoms with Gasteiger partial charge in [-0.05, 0) is 44.5 Å². The van der Waals surface area contributed by atoms with E-state index in [2.05, 4.69) is 42.2 Å². The van der Waals surface area contributed by atoms with Gasteiger partial charge in [0, 0.05) is 12.0 Å². The molecule has 0 saturated carbocycles. The van der Waals surface area contributed by atoms with E-state index < -0.39 is 0 Å². The molecule has 0 radical (unpaired) electrons. The fourth-order valence-electron chi connectivity index (χ4n) is 2.79. The lowest BCUT2D eigenvalue weighted by Crippen LogP contribution is -2.38. The molecule has 0 bridgehead atoms. The number of rotatable bonds is 5. The molecule has 1 unspecified atom stereocenters. The summed E-state index contributed by atoms with van der Waals surface area (Å²) in [7, 11) is 0. The molecule has 100 valence electrons. The van der Waals surface area contributed by atoms with Crippen molar-refractivity contribution in [3.8, 4) is 0 Å². The van der Waals surface area contributed by atoms with E-state index in [1.54, 1.807) is 0 Å². The molecule has 2 rings (SSSR count). The number of hydrogen-bond acceptors (Lipinski definition) is 2. The fraction of sp³-hybridized carbons (Fsp3) is 0.625. The summed E-state index contributed by atoms with van der Waals surface area (Å²) in [5.41, 5.74) is 7.54. The molecule has 0 aromatic heterocycles. The predicted octanol–water partition coefficient (Wildman–Crippen LogP) is 2.78. The highest BCUT2D eigenvalue weighted by Crippen LogP contribution is 2.27. The lowest BCUT2D eigenvalue weighted by Gasteiger charge is -2.33. The molecule has 1 aromatic rings. The Hall–Kier alpha value is -0.860. The van der Waals surface area contributed by atoms with Gasteiger partial charge in [-0.2, -0.15) is 0 Å². The first-order valence-electron chi connectivity index (χ1n) is 7.22. The van der Waals surface area contributed by atoms with Crippen molar-refractivity contribution in [1.82, 2.24) is 4.90 Å². The molecule has 18 heavy (non-hydrogen) atoms. The zero-order valence-electron chi connectivity index (χ0n) is 11.6. The minimum Gasteiger partial charge on any atom is -0.330 e. The lowest BCUT2D eigenvalue weighted by atomic mass is 9.79. The summed E-state index contributed by atoms with van der Waals surface area (Å²) in [6, 6.07) is 10.7. The van der Waals surface area contributed by atoms with Crippen LogP contribution in [0.2, 0.25) is 0 Å². The number of likely N-dealkylation sites (tertiary alicyclic amines) is 1. The quantitative estimate of drug-likeness (QED) is 0.865. The summed E-state index contributed by atoms with van der Waals surface area (Å²) in [5.74, 6) is 0. The largest absolute Gasteiger partial charge is 0.330 e. The Bertz CT molecular complexity index is 343. The molecular formula is C16H26N2. The normalized spacial score (nSPS) is 20.6. The highest BCUT2D eigenvalue weighted by Gasteiger charge is 2.25. The summed E-state index contributed by atoms with van der Waals surface area (Å²) in [5, 5.41) is 0. The molecule has 2 N–H and O–H groups in total. The van der Waals surface area contributed by atoms with Gasteiger partial charge in [0.2, 0.25) is 0 Å². The Balaban J connectivity index is 1.95. The van der Waals surface area contributed by atoms with Gasteiger partial charge in [0.15, 0.2) is 0 Å². The van der Waals surface area contributed by atoms with Gasteiger partial charge in [-0.15, -0.1) is 0 Å². The Kier molecular flexibility index (Phi) is 4.79. The monoisotopic (exact) mass is 246 g/mol. The van der Waals surface area contributed by atoms with Gasteiger partial charge >= 0.3 is 0 Å². The van der Waals surface area contributed by atoms with Crippen LogP contribution in [0.4, 0.5) is 0 Å². The number of nitrogens with zero attached hydrogens (tertiary/aromatic N) is 1. The number of piperidine rings is 1. The maximum Gasteiger partial charge on any atom is 0.00594 e. The number of nitrogens with two attached hydrogens (primary N) is 1. The van der Waals surface area contributed by atoms with E-state index in [0.29, 0.717) is 0 Å². The molecule has 1 aliphatic rings. The minimum absolute atomic E-state index is 0.124. The summed E-state index contributed by atoms with van der Waals surface area (Å²) >= 11 is 0. The summed E-state index contributed by atoms with van der Waals surface area (Å²) in [6.07, 6.45) is 5.30. The summed E-state index contributed by atoms with van der Waals surface area (Å²) in [4.78, 5) is 2.60. The Morgan fingerprint density at radius 3 is 2.39 bits per heavy atom. The average Bonchev–Trinajstić information content (AvgIpc) is 2.47. The van der Waals surface area contributed by atoms with Crippen LogP contribution < -0.4 is 5.73 Å². The molecule has 0 spiro atoms. The second-order valence-corrected chi connectivity index (χ2v) is 5.78. The number of hydrogen-bond donors (Lipinski definition) is 1. The van der Waals surface area contributed by atoms with E-state index in [9.17, 15) is 0 Å². The van der Waals surface area contributed by atoms with Gasteiger partial charge < -0.3 is 10.6 Å². The predicted molar refractivity (Wildman–Crippen MR) is 77.8 cm³/mol. The van der Waals surface area contributed by atoms with Crippen molar-refractivity contribution in [2.45, 2.75) is 38.0 Å². The van der Waals surface area contributed by atoms with Crippen LogP contribution in [0.1, 0.15) is 38.2 Å². The first-order valence-corrected chi connectivity index (χ1v) is 7.22. The van der Waals surface area contributed by atoms with Crippen molar-refractivity contribution < 1.29 is 0 Å². The molecule has 1 fully saturated rings. The van der Waals surface area contributed by atoms with Crippen molar-refractivity contribution in [2.24, 2.45) is 5.73 Å². The second kappa shape index (κ2) is 6.35. The Morgan fingerprint density at radius 2 is 1.78 bits per heavy atom. The van der Waals surface area contributed by atoms with E-state index in [-0.39, 0.29) is 5.41 Å². The average molecular weight is 246 g/mol. The van der Waals surface area contributed by atoms with E-state index in [1.165, 1.54) is 44.5 Å². The van der Waals surface area contributed by atoms with Crippen molar-refractivity contribution >= 4 is 0 Å². The van der Waals surface area contributed by atoms with E-state index in [0.717, 1.165) is 13.0 Å². The molecule has 2 nitrogen and oxygen atoms in total. The summed E-state index contributed by atoms with van der Waals surface area (Å²) < 4.78 is 0. The zero-order valence-corrected chi connectivity index (χ0v) is 11.6. The van der Waals surface area contributed by atoms with Crippen LogP contribution in [0.25, 0.3) is 0 Å². The van der Waals surface area contributed by atoms with Gasteiger partial charge in [0.05, 0.1) is 0 Å².